The van der Waals surface area contributed by atoms with E-state index in [1.54, 1.807) is 11.8 Å². The largest absolute Gasteiger partial charge is 0.356 e. The number of nitrogens with one attached hydrogen (secondary N) is 1. The summed E-state index contributed by atoms with van der Waals surface area (Å²) >= 11 is 1.56. The van der Waals surface area contributed by atoms with Crippen LogP contribution >= 0.6 is 11.8 Å². The minimum Gasteiger partial charge on any atom is -0.356 e. The summed E-state index contributed by atoms with van der Waals surface area (Å²) in [6.07, 6.45) is 12.0. The second-order valence-electron chi connectivity index (χ2n) is 7.46. The number of anilines is 1. The topological polar surface area (TPSA) is 75.9 Å². The van der Waals surface area contributed by atoms with Crippen LogP contribution in [0.1, 0.15) is 44.9 Å². The first-order valence-corrected chi connectivity index (χ1v) is 11.3. The Balaban J connectivity index is 1.47. The zero-order chi connectivity index (χ0) is 18.6. The first-order chi connectivity index (χ1) is 13.3. The van der Waals surface area contributed by atoms with Crippen molar-refractivity contribution in [2.45, 2.75) is 56.6 Å². The van der Waals surface area contributed by atoms with Crippen LogP contribution < -0.4 is 10.2 Å². The number of fused-ring (bicyclic) bond motifs is 1. The molecule has 1 amide bonds. The number of amides is 1. The summed E-state index contributed by atoms with van der Waals surface area (Å²) in [6, 6.07) is 0. The van der Waals surface area contributed by atoms with Gasteiger partial charge in [0.25, 0.3) is 0 Å². The van der Waals surface area contributed by atoms with Crippen molar-refractivity contribution in [3.63, 3.8) is 0 Å². The normalized spacial score (nSPS) is 18.3. The number of hydrogen-bond donors (Lipinski definition) is 1. The second-order valence-corrected chi connectivity index (χ2v) is 8.23. The lowest BCUT2D eigenvalue weighted by atomic mass is 9.89. The summed E-state index contributed by atoms with van der Waals surface area (Å²) in [5.74, 6) is 1.39. The van der Waals surface area contributed by atoms with Crippen molar-refractivity contribution in [1.82, 2.24) is 25.1 Å². The Morgan fingerprint density at radius 3 is 2.70 bits per heavy atom. The molecule has 8 heteroatoms. The van der Waals surface area contributed by atoms with Gasteiger partial charge in [0.1, 0.15) is 5.82 Å². The molecule has 27 heavy (non-hydrogen) atoms. The number of carbonyl (C=O) groups is 1. The molecule has 0 atom stereocenters. The third kappa shape index (κ3) is 4.05. The molecule has 1 saturated carbocycles. The zero-order valence-electron chi connectivity index (χ0n) is 16.0. The lowest BCUT2D eigenvalue weighted by molar-refractivity contribution is -0.125. The van der Waals surface area contributed by atoms with Gasteiger partial charge in [-0.2, -0.15) is 5.10 Å². The predicted molar refractivity (Wildman–Crippen MR) is 108 cm³/mol. The fraction of sp³-hybridized carbons (Fsp3) is 0.684. The van der Waals surface area contributed by atoms with Gasteiger partial charge in [0.15, 0.2) is 10.8 Å². The van der Waals surface area contributed by atoms with Gasteiger partial charge in [-0.05, 0) is 31.9 Å². The molecule has 0 spiro atoms. The van der Waals surface area contributed by atoms with E-state index in [2.05, 4.69) is 20.3 Å². The van der Waals surface area contributed by atoms with Crippen LogP contribution in [0.3, 0.4) is 0 Å². The van der Waals surface area contributed by atoms with Crippen molar-refractivity contribution in [3.05, 3.63) is 6.20 Å². The van der Waals surface area contributed by atoms with Gasteiger partial charge >= 0.3 is 0 Å². The van der Waals surface area contributed by atoms with Crippen molar-refractivity contribution in [1.29, 1.82) is 0 Å². The van der Waals surface area contributed by atoms with Gasteiger partial charge in [0.2, 0.25) is 5.91 Å². The molecular formula is C19H28N6OS. The number of carbonyl (C=O) groups excluding carboxylic acids is 1. The van der Waals surface area contributed by atoms with Crippen molar-refractivity contribution in [2.24, 2.45) is 5.92 Å². The van der Waals surface area contributed by atoms with Gasteiger partial charge in [-0.3, -0.25) is 4.79 Å². The van der Waals surface area contributed by atoms with Gasteiger partial charge in [0, 0.05) is 25.6 Å². The standard InChI is InChI=1S/C19H28N6OS/c1-27-19-22-16(24-10-5-6-11-24)15-13-21-25(17(15)23-19)12-9-20-18(26)14-7-3-2-4-8-14/h13-14H,2-12H2,1H3,(H,20,26). The van der Waals surface area contributed by atoms with Crippen LogP contribution in [0.15, 0.2) is 11.4 Å². The molecule has 2 aliphatic rings. The molecule has 0 unspecified atom stereocenters. The van der Waals surface area contributed by atoms with E-state index in [-0.39, 0.29) is 11.8 Å². The van der Waals surface area contributed by atoms with Crippen molar-refractivity contribution in [3.8, 4) is 0 Å². The summed E-state index contributed by atoms with van der Waals surface area (Å²) in [5.41, 5.74) is 0.864. The molecule has 2 aromatic heterocycles. The van der Waals surface area contributed by atoms with Gasteiger partial charge in [-0.1, -0.05) is 31.0 Å². The van der Waals surface area contributed by atoms with Crippen molar-refractivity contribution < 1.29 is 4.79 Å². The van der Waals surface area contributed by atoms with Gasteiger partial charge in [-0.25, -0.2) is 14.6 Å². The van der Waals surface area contributed by atoms with Crippen LogP contribution in [-0.4, -0.2) is 51.5 Å². The van der Waals surface area contributed by atoms with Crippen LogP contribution in [0.5, 0.6) is 0 Å². The number of thioether (sulfide) groups is 1. The van der Waals surface area contributed by atoms with Crippen LogP contribution in [0.4, 0.5) is 5.82 Å². The molecule has 1 aliphatic heterocycles. The molecule has 1 saturated heterocycles. The molecule has 4 rings (SSSR count). The molecule has 0 bridgehead atoms. The highest BCUT2D eigenvalue weighted by Gasteiger charge is 2.22. The Morgan fingerprint density at radius 1 is 1.19 bits per heavy atom. The molecule has 1 N–H and O–H groups in total. The smallest absolute Gasteiger partial charge is 0.223 e. The minimum absolute atomic E-state index is 0.195. The quantitative estimate of drug-likeness (QED) is 0.606. The van der Waals surface area contributed by atoms with Gasteiger partial charge in [-0.15, -0.1) is 0 Å². The van der Waals surface area contributed by atoms with E-state index in [4.69, 9.17) is 4.98 Å². The van der Waals surface area contributed by atoms with Crippen LogP contribution in [-0.2, 0) is 11.3 Å². The lowest BCUT2D eigenvalue weighted by Gasteiger charge is -2.20. The van der Waals surface area contributed by atoms with Gasteiger partial charge in [0.05, 0.1) is 18.1 Å². The molecule has 0 radical (unpaired) electrons. The Bertz CT molecular complexity index is 795. The van der Waals surface area contributed by atoms with E-state index in [1.807, 2.05) is 17.1 Å². The summed E-state index contributed by atoms with van der Waals surface area (Å²) in [7, 11) is 0. The van der Waals surface area contributed by atoms with E-state index >= 15 is 0 Å². The van der Waals surface area contributed by atoms with Crippen LogP contribution in [0.2, 0.25) is 0 Å². The number of rotatable bonds is 6. The fourth-order valence-corrected chi connectivity index (χ4v) is 4.50. The molecule has 3 heterocycles. The first kappa shape index (κ1) is 18.5. The number of hydrogen-bond acceptors (Lipinski definition) is 6. The molecule has 146 valence electrons. The maximum absolute atomic E-state index is 12.3. The van der Waals surface area contributed by atoms with Crippen molar-refractivity contribution in [2.75, 3.05) is 30.8 Å². The maximum Gasteiger partial charge on any atom is 0.223 e. The van der Waals surface area contributed by atoms with Gasteiger partial charge < -0.3 is 10.2 Å². The second kappa shape index (κ2) is 8.46. The van der Waals surface area contributed by atoms with E-state index in [0.29, 0.717) is 13.1 Å². The predicted octanol–water partition coefficient (Wildman–Crippen LogP) is 2.84. The molecule has 7 nitrogen and oxygen atoms in total. The number of aromatic nitrogens is 4. The monoisotopic (exact) mass is 388 g/mol. The molecule has 0 aromatic carbocycles. The molecule has 2 aromatic rings. The summed E-state index contributed by atoms with van der Waals surface area (Å²) in [6.45, 7) is 3.31. The SMILES string of the molecule is CSc1nc(N2CCCC2)c2cnn(CCNC(=O)C3CCCCC3)c2n1. The minimum atomic E-state index is 0.195. The fourth-order valence-electron chi connectivity index (χ4n) is 4.14. The maximum atomic E-state index is 12.3. The molecular weight excluding hydrogens is 360 g/mol. The Kier molecular flexibility index (Phi) is 5.80. The summed E-state index contributed by atoms with van der Waals surface area (Å²) in [4.78, 5) is 24.1. The van der Waals surface area contributed by atoms with Crippen LogP contribution in [0, 0.1) is 5.92 Å². The summed E-state index contributed by atoms with van der Waals surface area (Å²) < 4.78 is 1.90. The van der Waals surface area contributed by atoms with E-state index in [9.17, 15) is 4.79 Å². The van der Waals surface area contributed by atoms with Crippen LogP contribution in [0.25, 0.3) is 11.0 Å². The average molecular weight is 389 g/mol. The van der Waals surface area contributed by atoms with Crippen molar-refractivity contribution >= 4 is 34.5 Å². The summed E-state index contributed by atoms with van der Waals surface area (Å²) in [5, 5.41) is 9.42. The lowest BCUT2D eigenvalue weighted by Crippen LogP contribution is -2.34. The zero-order valence-corrected chi connectivity index (χ0v) is 16.8. The Morgan fingerprint density at radius 2 is 1.96 bits per heavy atom. The number of nitrogens with zero attached hydrogens (tertiary/aromatic N) is 5. The van der Waals surface area contributed by atoms with E-state index in [1.165, 1.54) is 32.1 Å². The highest BCUT2D eigenvalue weighted by atomic mass is 32.2. The molecule has 2 fully saturated rings. The first-order valence-electron chi connectivity index (χ1n) is 10.1. The van der Waals surface area contributed by atoms with E-state index in [0.717, 1.165) is 47.9 Å². The third-order valence-electron chi connectivity index (χ3n) is 5.64. The van der Waals surface area contributed by atoms with E-state index < -0.39 is 0 Å². The third-order valence-corrected chi connectivity index (χ3v) is 6.19. The highest BCUT2D eigenvalue weighted by Crippen LogP contribution is 2.29. The Labute approximate surface area is 164 Å². The Hall–Kier alpha value is -1.83. The molecule has 1 aliphatic carbocycles. The highest BCUT2D eigenvalue weighted by molar-refractivity contribution is 7.98. The average Bonchev–Trinajstić information content (AvgIpc) is 3.38.